The summed E-state index contributed by atoms with van der Waals surface area (Å²) in [5, 5.41) is 21.0. The lowest BCUT2D eigenvalue weighted by Crippen LogP contribution is -2.29. The quantitative estimate of drug-likeness (QED) is 0.760. The Morgan fingerprint density at radius 2 is 2.31 bits per heavy atom. The summed E-state index contributed by atoms with van der Waals surface area (Å²) >= 11 is 0. The van der Waals surface area contributed by atoms with Crippen LogP contribution in [0.3, 0.4) is 0 Å². The van der Waals surface area contributed by atoms with E-state index in [0.29, 0.717) is 18.8 Å². The average molecular weight is 222 g/mol. The van der Waals surface area contributed by atoms with E-state index in [4.69, 9.17) is 10.00 Å². The maximum absolute atomic E-state index is 13.2. The van der Waals surface area contributed by atoms with Crippen LogP contribution in [0, 0.1) is 17.1 Å². The van der Waals surface area contributed by atoms with Gasteiger partial charge in [0.05, 0.1) is 5.56 Å². The summed E-state index contributed by atoms with van der Waals surface area (Å²) in [5.41, 5.74) is -0.0163. The number of ether oxygens (including phenoxy) is 1. The maximum Gasteiger partial charge on any atom is 0.144 e. The molecule has 1 aliphatic rings. The lowest BCUT2D eigenvalue weighted by Gasteiger charge is -2.16. The van der Waals surface area contributed by atoms with E-state index in [2.05, 4.69) is 5.32 Å². The number of halogens is 1. The topological polar surface area (TPSA) is 65.3 Å². The summed E-state index contributed by atoms with van der Waals surface area (Å²) in [5.74, 6) is -0.287. The van der Waals surface area contributed by atoms with Gasteiger partial charge in [0, 0.05) is 19.2 Å². The number of benzene rings is 1. The van der Waals surface area contributed by atoms with Gasteiger partial charge in [-0.05, 0) is 12.1 Å². The monoisotopic (exact) mass is 222 g/mol. The summed E-state index contributed by atoms with van der Waals surface area (Å²) in [7, 11) is 0. The molecule has 2 rings (SSSR count). The normalized spacial score (nSPS) is 24.1. The molecule has 4 nitrogen and oxygen atoms in total. The van der Waals surface area contributed by atoms with Crippen LogP contribution in [-0.2, 0) is 0 Å². The SMILES string of the molecule is N#Cc1ccc(OC2CNCC2O)cc1F. The van der Waals surface area contributed by atoms with E-state index >= 15 is 0 Å². The van der Waals surface area contributed by atoms with Crippen molar-refractivity contribution in [2.24, 2.45) is 0 Å². The molecule has 2 atom stereocenters. The molecule has 1 aromatic carbocycles. The molecular weight excluding hydrogens is 211 g/mol. The number of aliphatic hydroxyl groups is 1. The molecule has 2 N–H and O–H groups in total. The molecule has 0 spiro atoms. The Morgan fingerprint density at radius 1 is 1.50 bits per heavy atom. The third-order valence-electron chi connectivity index (χ3n) is 2.48. The highest BCUT2D eigenvalue weighted by Crippen LogP contribution is 2.19. The minimum atomic E-state index is -0.611. The lowest BCUT2D eigenvalue weighted by atomic mass is 10.2. The third kappa shape index (κ3) is 2.13. The fourth-order valence-electron chi connectivity index (χ4n) is 1.60. The number of aliphatic hydroxyl groups excluding tert-OH is 1. The molecule has 0 aromatic heterocycles. The van der Waals surface area contributed by atoms with Crippen molar-refractivity contribution in [1.82, 2.24) is 5.32 Å². The minimum absolute atomic E-state index is 0.0163. The van der Waals surface area contributed by atoms with Gasteiger partial charge >= 0.3 is 0 Å². The second kappa shape index (κ2) is 4.47. The van der Waals surface area contributed by atoms with Gasteiger partial charge in [-0.15, -0.1) is 0 Å². The summed E-state index contributed by atoms with van der Waals surface area (Å²) in [4.78, 5) is 0. The smallest absolute Gasteiger partial charge is 0.144 e. The Kier molecular flexibility index (Phi) is 3.04. The second-order valence-electron chi connectivity index (χ2n) is 3.64. The van der Waals surface area contributed by atoms with Crippen molar-refractivity contribution in [3.05, 3.63) is 29.6 Å². The fraction of sp³-hybridized carbons (Fsp3) is 0.364. The van der Waals surface area contributed by atoms with E-state index in [9.17, 15) is 9.50 Å². The van der Waals surface area contributed by atoms with Crippen molar-refractivity contribution in [3.63, 3.8) is 0 Å². The van der Waals surface area contributed by atoms with Crippen LogP contribution < -0.4 is 10.1 Å². The number of β-amino-alcohol motifs (C(OH)–C–C–N with tert-alkyl or cyclic N) is 1. The average Bonchev–Trinajstić information content (AvgIpc) is 2.65. The zero-order chi connectivity index (χ0) is 11.5. The van der Waals surface area contributed by atoms with E-state index in [-0.39, 0.29) is 11.7 Å². The van der Waals surface area contributed by atoms with Crippen molar-refractivity contribution in [3.8, 4) is 11.8 Å². The highest BCUT2D eigenvalue weighted by molar-refractivity contribution is 5.36. The molecule has 16 heavy (non-hydrogen) atoms. The molecule has 0 amide bonds. The Morgan fingerprint density at radius 3 is 2.88 bits per heavy atom. The van der Waals surface area contributed by atoms with Gasteiger partial charge in [0.2, 0.25) is 0 Å². The summed E-state index contributed by atoms with van der Waals surface area (Å²) < 4.78 is 18.6. The molecule has 0 bridgehead atoms. The summed E-state index contributed by atoms with van der Waals surface area (Å²) in [6, 6.07) is 5.77. The molecule has 1 saturated heterocycles. The van der Waals surface area contributed by atoms with Gasteiger partial charge in [-0.25, -0.2) is 4.39 Å². The van der Waals surface area contributed by atoms with Crippen molar-refractivity contribution >= 4 is 0 Å². The standard InChI is InChI=1S/C11H11FN2O2/c12-9-3-8(2-1-7(9)4-13)16-11-6-14-5-10(11)15/h1-3,10-11,14-15H,5-6H2. The van der Waals surface area contributed by atoms with E-state index in [1.54, 1.807) is 6.07 Å². The van der Waals surface area contributed by atoms with E-state index in [0.717, 1.165) is 6.07 Å². The molecule has 0 radical (unpaired) electrons. The highest BCUT2D eigenvalue weighted by Gasteiger charge is 2.26. The van der Waals surface area contributed by atoms with Crippen molar-refractivity contribution in [1.29, 1.82) is 5.26 Å². The van der Waals surface area contributed by atoms with Crippen LogP contribution in [0.25, 0.3) is 0 Å². The predicted octanol–water partition coefficient (Wildman–Crippen LogP) is 0.409. The molecule has 0 aliphatic carbocycles. The van der Waals surface area contributed by atoms with Crippen molar-refractivity contribution < 1.29 is 14.2 Å². The van der Waals surface area contributed by atoms with Crippen LogP contribution in [-0.4, -0.2) is 30.4 Å². The Bertz CT molecular complexity index is 430. The maximum atomic E-state index is 13.2. The van der Waals surface area contributed by atoms with Crippen LogP contribution >= 0.6 is 0 Å². The van der Waals surface area contributed by atoms with Crippen LogP contribution in [0.15, 0.2) is 18.2 Å². The third-order valence-corrected chi connectivity index (χ3v) is 2.48. The molecule has 5 heteroatoms. The number of hydrogen-bond acceptors (Lipinski definition) is 4. The number of hydrogen-bond donors (Lipinski definition) is 2. The number of rotatable bonds is 2. The van der Waals surface area contributed by atoms with Gasteiger partial charge in [-0.1, -0.05) is 0 Å². The van der Waals surface area contributed by atoms with Crippen LogP contribution in [0.1, 0.15) is 5.56 Å². The molecule has 1 heterocycles. The van der Waals surface area contributed by atoms with Crippen LogP contribution in [0.4, 0.5) is 4.39 Å². The van der Waals surface area contributed by atoms with Gasteiger partial charge in [0.25, 0.3) is 0 Å². The number of nitrogens with zero attached hydrogens (tertiary/aromatic N) is 1. The van der Waals surface area contributed by atoms with Crippen molar-refractivity contribution in [2.45, 2.75) is 12.2 Å². The molecule has 2 unspecified atom stereocenters. The second-order valence-corrected chi connectivity index (χ2v) is 3.64. The highest BCUT2D eigenvalue weighted by atomic mass is 19.1. The Labute approximate surface area is 92.3 Å². The van der Waals surface area contributed by atoms with Gasteiger partial charge in [-0.2, -0.15) is 5.26 Å². The van der Waals surface area contributed by atoms with Gasteiger partial charge in [0.1, 0.15) is 29.8 Å². The molecular formula is C11H11FN2O2. The minimum Gasteiger partial charge on any atom is -0.486 e. The summed E-state index contributed by atoms with van der Waals surface area (Å²) in [6.45, 7) is 1.01. The number of nitriles is 1. The van der Waals surface area contributed by atoms with E-state index < -0.39 is 11.9 Å². The zero-order valence-electron chi connectivity index (χ0n) is 8.48. The van der Waals surface area contributed by atoms with Gasteiger partial charge < -0.3 is 15.2 Å². The molecule has 0 saturated carbocycles. The largest absolute Gasteiger partial charge is 0.486 e. The first-order valence-electron chi connectivity index (χ1n) is 4.96. The van der Waals surface area contributed by atoms with Gasteiger partial charge in [0.15, 0.2) is 0 Å². The number of nitrogens with one attached hydrogen (secondary N) is 1. The predicted molar refractivity (Wildman–Crippen MR) is 54.4 cm³/mol. The Balaban J connectivity index is 2.11. The molecule has 1 fully saturated rings. The molecule has 84 valence electrons. The summed E-state index contributed by atoms with van der Waals surface area (Å²) in [6.07, 6.45) is -0.953. The van der Waals surface area contributed by atoms with E-state index in [1.165, 1.54) is 12.1 Å². The first kappa shape index (κ1) is 10.9. The zero-order valence-corrected chi connectivity index (χ0v) is 8.48. The van der Waals surface area contributed by atoms with Crippen LogP contribution in [0.5, 0.6) is 5.75 Å². The molecule has 1 aromatic rings. The van der Waals surface area contributed by atoms with Crippen molar-refractivity contribution in [2.75, 3.05) is 13.1 Å². The van der Waals surface area contributed by atoms with Gasteiger partial charge in [-0.3, -0.25) is 0 Å². The first-order valence-corrected chi connectivity index (χ1v) is 4.96. The fourth-order valence-corrected chi connectivity index (χ4v) is 1.60. The Hall–Kier alpha value is -1.64. The first-order chi connectivity index (χ1) is 7.70. The lowest BCUT2D eigenvalue weighted by molar-refractivity contribution is 0.0735. The van der Waals surface area contributed by atoms with E-state index in [1.807, 2.05) is 0 Å². The van der Waals surface area contributed by atoms with Crippen LogP contribution in [0.2, 0.25) is 0 Å². The molecule has 1 aliphatic heterocycles.